The third kappa shape index (κ3) is 4.57. The molecular weight excluding hydrogens is 286 g/mol. The number of esters is 1. The Morgan fingerprint density at radius 3 is 2.48 bits per heavy atom. The van der Waals surface area contributed by atoms with Crippen LogP contribution in [-0.4, -0.2) is 49.2 Å². The number of carbonyl (C=O) groups excluding carboxylic acids is 2. The van der Waals surface area contributed by atoms with Crippen molar-refractivity contribution >= 4 is 12.3 Å². The lowest BCUT2D eigenvalue weighted by molar-refractivity contribution is -0.180. The number of aliphatic hydroxyl groups is 1. The Bertz CT molecular complexity index is 464. The highest BCUT2D eigenvalue weighted by Crippen LogP contribution is 2.27. The highest BCUT2D eigenvalue weighted by Gasteiger charge is 2.47. The molecule has 0 radical (unpaired) electrons. The van der Waals surface area contributed by atoms with E-state index in [-0.39, 0.29) is 5.56 Å². The number of methoxy groups -OCH3 is 1. The summed E-state index contributed by atoms with van der Waals surface area (Å²) in [5.74, 6) is -4.71. The summed E-state index contributed by atoms with van der Waals surface area (Å²) in [6.07, 6.45) is -3.42. The third-order valence-electron chi connectivity index (χ3n) is 2.84. The van der Waals surface area contributed by atoms with Crippen molar-refractivity contribution in [1.29, 1.82) is 0 Å². The summed E-state index contributed by atoms with van der Waals surface area (Å²) in [5, 5.41) is 8.78. The number of benzene rings is 1. The maximum absolute atomic E-state index is 13.7. The molecule has 21 heavy (non-hydrogen) atoms. The van der Waals surface area contributed by atoms with E-state index in [2.05, 4.69) is 0 Å². The van der Waals surface area contributed by atoms with Gasteiger partial charge in [-0.25, -0.2) is 4.79 Å². The number of aliphatic hydroxyl groups excluding tert-OH is 1. The second kappa shape index (κ2) is 7.80. The van der Waals surface area contributed by atoms with E-state index in [0.717, 1.165) is 7.11 Å². The Labute approximate surface area is 120 Å². The van der Waals surface area contributed by atoms with Gasteiger partial charge in [0, 0.05) is 13.5 Å². The number of alkyl halides is 2. The van der Waals surface area contributed by atoms with Gasteiger partial charge >= 0.3 is 11.9 Å². The molecule has 2 atom stereocenters. The molecule has 5 nitrogen and oxygen atoms in total. The van der Waals surface area contributed by atoms with Gasteiger partial charge < -0.3 is 19.4 Å². The van der Waals surface area contributed by atoms with Gasteiger partial charge in [-0.1, -0.05) is 18.2 Å². The minimum atomic E-state index is -3.73. The Morgan fingerprint density at radius 1 is 1.38 bits per heavy atom. The number of hydrogen-bond donors (Lipinski definition) is 1. The number of hydrogen-bond acceptors (Lipinski definition) is 5. The molecule has 1 aromatic rings. The van der Waals surface area contributed by atoms with Gasteiger partial charge in [0.25, 0.3) is 0 Å². The molecule has 0 aliphatic rings. The molecule has 1 N–H and O–H groups in total. The second-order valence-corrected chi connectivity index (χ2v) is 4.29. The zero-order valence-electron chi connectivity index (χ0n) is 11.4. The standard InChI is InChI=1S/C14H16F2O5/c1-20-11(7-8-17)12(14(15,16)9-18)21-13(19)10-5-3-2-4-6-10/h2-6,8,11-12,18H,7,9H2,1H3/t11-,12?/m1/s1. The molecule has 116 valence electrons. The molecule has 1 unspecified atom stereocenters. The molecule has 0 saturated heterocycles. The first kappa shape index (κ1) is 17.2. The van der Waals surface area contributed by atoms with Crippen LogP contribution in [0.2, 0.25) is 0 Å². The zero-order chi connectivity index (χ0) is 15.9. The highest BCUT2D eigenvalue weighted by atomic mass is 19.3. The lowest BCUT2D eigenvalue weighted by Crippen LogP contribution is -2.49. The van der Waals surface area contributed by atoms with Gasteiger partial charge in [-0.3, -0.25) is 0 Å². The minimum absolute atomic E-state index is 0.0807. The Balaban J connectivity index is 2.97. The quantitative estimate of drug-likeness (QED) is 0.581. The van der Waals surface area contributed by atoms with Crippen LogP contribution in [0.5, 0.6) is 0 Å². The largest absolute Gasteiger partial charge is 0.449 e. The molecule has 0 amide bonds. The topological polar surface area (TPSA) is 72.8 Å². The Morgan fingerprint density at radius 2 is 2.00 bits per heavy atom. The Kier molecular flexibility index (Phi) is 6.39. The van der Waals surface area contributed by atoms with Crippen LogP contribution < -0.4 is 0 Å². The Hall–Kier alpha value is -1.86. The van der Waals surface area contributed by atoms with Crippen LogP contribution in [0.4, 0.5) is 8.78 Å². The first-order valence-corrected chi connectivity index (χ1v) is 6.17. The van der Waals surface area contributed by atoms with Gasteiger partial charge in [-0.2, -0.15) is 8.78 Å². The smallest absolute Gasteiger partial charge is 0.338 e. The third-order valence-corrected chi connectivity index (χ3v) is 2.84. The normalized spacial score (nSPS) is 14.3. The molecule has 1 aromatic carbocycles. The van der Waals surface area contributed by atoms with Gasteiger partial charge in [0.2, 0.25) is 0 Å². The molecule has 0 bridgehead atoms. The van der Waals surface area contributed by atoms with Crippen LogP contribution in [0.1, 0.15) is 16.8 Å². The van der Waals surface area contributed by atoms with Crippen molar-refractivity contribution in [2.24, 2.45) is 0 Å². The number of halogens is 2. The number of carbonyl (C=O) groups is 2. The first-order chi connectivity index (χ1) is 9.96. The van der Waals surface area contributed by atoms with E-state index in [9.17, 15) is 18.4 Å². The average Bonchev–Trinajstić information content (AvgIpc) is 2.51. The van der Waals surface area contributed by atoms with E-state index in [1.807, 2.05) is 0 Å². The van der Waals surface area contributed by atoms with Gasteiger partial charge in [0.1, 0.15) is 19.0 Å². The predicted molar refractivity (Wildman–Crippen MR) is 69.2 cm³/mol. The molecular formula is C14H16F2O5. The number of rotatable bonds is 8. The number of ether oxygens (including phenoxy) is 2. The van der Waals surface area contributed by atoms with E-state index < -0.39 is 37.1 Å². The van der Waals surface area contributed by atoms with Crippen molar-refractivity contribution in [2.75, 3.05) is 13.7 Å². The summed E-state index contributed by atoms with van der Waals surface area (Å²) in [7, 11) is 1.12. The highest BCUT2D eigenvalue weighted by molar-refractivity contribution is 5.89. The zero-order valence-corrected chi connectivity index (χ0v) is 11.4. The lowest BCUT2D eigenvalue weighted by atomic mass is 10.0. The fourth-order valence-electron chi connectivity index (χ4n) is 1.72. The molecule has 7 heteroatoms. The van der Waals surface area contributed by atoms with Crippen molar-refractivity contribution < 1.29 is 33.0 Å². The fraction of sp³-hybridized carbons (Fsp3) is 0.429. The van der Waals surface area contributed by atoms with Crippen LogP contribution in [0.15, 0.2) is 30.3 Å². The molecule has 0 saturated carbocycles. The summed E-state index contributed by atoms with van der Waals surface area (Å²) in [6.45, 7) is -1.53. The molecule has 0 aliphatic carbocycles. The van der Waals surface area contributed by atoms with Crippen LogP contribution in [-0.2, 0) is 14.3 Å². The van der Waals surface area contributed by atoms with E-state index in [0.29, 0.717) is 6.29 Å². The maximum Gasteiger partial charge on any atom is 0.338 e. The summed E-state index contributed by atoms with van der Waals surface area (Å²) in [6, 6.07) is 7.56. The van der Waals surface area contributed by atoms with Gasteiger partial charge in [-0.05, 0) is 12.1 Å². The maximum atomic E-state index is 13.7. The van der Waals surface area contributed by atoms with Crippen LogP contribution >= 0.6 is 0 Å². The first-order valence-electron chi connectivity index (χ1n) is 6.17. The molecule has 0 fully saturated rings. The van der Waals surface area contributed by atoms with E-state index in [1.165, 1.54) is 12.1 Å². The van der Waals surface area contributed by atoms with Crippen molar-refractivity contribution in [1.82, 2.24) is 0 Å². The SMILES string of the molecule is CO[C@H](CC=O)C(OC(=O)c1ccccc1)C(F)(F)CO. The summed E-state index contributed by atoms with van der Waals surface area (Å²) < 4.78 is 37.0. The van der Waals surface area contributed by atoms with Crippen molar-refractivity contribution in [3.63, 3.8) is 0 Å². The monoisotopic (exact) mass is 302 g/mol. The van der Waals surface area contributed by atoms with Gasteiger partial charge in [-0.15, -0.1) is 0 Å². The van der Waals surface area contributed by atoms with E-state index >= 15 is 0 Å². The molecule has 0 aromatic heterocycles. The van der Waals surface area contributed by atoms with E-state index in [4.69, 9.17) is 14.6 Å². The average molecular weight is 302 g/mol. The van der Waals surface area contributed by atoms with Crippen LogP contribution in [0.3, 0.4) is 0 Å². The summed E-state index contributed by atoms with van der Waals surface area (Å²) in [5.41, 5.74) is 0.0807. The van der Waals surface area contributed by atoms with Crippen molar-refractivity contribution in [3.05, 3.63) is 35.9 Å². The van der Waals surface area contributed by atoms with E-state index in [1.54, 1.807) is 18.2 Å². The lowest BCUT2D eigenvalue weighted by Gasteiger charge is -2.30. The molecule has 0 spiro atoms. The molecule has 0 heterocycles. The predicted octanol–water partition coefficient (Wildman–Crippen LogP) is 1.44. The van der Waals surface area contributed by atoms with Crippen LogP contribution in [0.25, 0.3) is 0 Å². The summed E-state index contributed by atoms with van der Waals surface area (Å²) >= 11 is 0. The van der Waals surface area contributed by atoms with Gasteiger partial charge in [0.15, 0.2) is 6.10 Å². The fourth-order valence-corrected chi connectivity index (χ4v) is 1.72. The molecule has 1 rings (SSSR count). The van der Waals surface area contributed by atoms with Crippen LogP contribution in [0, 0.1) is 0 Å². The summed E-state index contributed by atoms with van der Waals surface area (Å²) in [4.78, 5) is 22.4. The van der Waals surface area contributed by atoms with Crippen molar-refractivity contribution in [2.45, 2.75) is 24.6 Å². The van der Waals surface area contributed by atoms with Crippen molar-refractivity contribution in [3.8, 4) is 0 Å². The minimum Gasteiger partial charge on any atom is -0.449 e. The molecule has 0 aliphatic heterocycles. The second-order valence-electron chi connectivity index (χ2n) is 4.29. The van der Waals surface area contributed by atoms with Gasteiger partial charge in [0.05, 0.1) is 5.56 Å². The number of aldehydes is 1.